The molecule has 0 atom stereocenters. The average Bonchev–Trinajstić information content (AvgIpc) is 2.67. The Morgan fingerprint density at radius 3 is 2.24 bits per heavy atom. The van der Waals surface area contributed by atoms with Crippen LogP contribution in [0.5, 0.6) is 0 Å². The van der Waals surface area contributed by atoms with Gasteiger partial charge in [0.15, 0.2) is 0 Å². The van der Waals surface area contributed by atoms with Gasteiger partial charge in [0, 0.05) is 58.3 Å². The first kappa shape index (κ1) is 17.2. The molecule has 2 aliphatic rings. The van der Waals surface area contributed by atoms with Gasteiger partial charge in [0.05, 0.1) is 5.56 Å². The Kier molecular flexibility index (Phi) is 5.17. The number of hydrogen-bond donors (Lipinski definition) is 0. The number of nitrogens with zero attached hydrogens (tertiary/aromatic N) is 5. The van der Waals surface area contributed by atoms with Gasteiger partial charge in [0.1, 0.15) is 11.9 Å². The van der Waals surface area contributed by atoms with Crippen molar-refractivity contribution in [3.63, 3.8) is 0 Å². The Morgan fingerprint density at radius 2 is 1.72 bits per heavy atom. The molecule has 0 aromatic carbocycles. The van der Waals surface area contributed by atoms with Crippen LogP contribution in [0.15, 0.2) is 18.3 Å². The van der Waals surface area contributed by atoms with Gasteiger partial charge in [-0.15, -0.1) is 0 Å². The van der Waals surface area contributed by atoms with E-state index in [2.05, 4.69) is 16.0 Å². The van der Waals surface area contributed by atoms with E-state index in [4.69, 9.17) is 5.26 Å². The van der Waals surface area contributed by atoms with Crippen molar-refractivity contribution < 1.29 is 9.59 Å². The molecule has 3 rings (SSSR count). The van der Waals surface area contributed by atoms with E-state index in [9.17, 15) is 9.59 Å². The molecule has 0 bridgehead atoms. The number of piperidine rings is 1. The average molecular weight is 341 g/mol. The molecule has 7 nitrogen and oxygen atoms in total. The maximum atomic E-state index is 12.7. The predicted molar refractivity (Wildman–Crippen MR) is 92.7 cm³/mol. The van der Waals surface area contributed by atoms with Crippen molar-refractivity contribution >= 4 is 17.6 Å². The summed E-state index contributed by atoms with van der Waals surface area (Å²) in [5.74, 6) is 1.21. The predicted octanol–water partition coefficient (Wildman–Crippen LogP) is 0.860. The normalized spacial score (nSPS) is 18.8. The number of piperazine rings is 1. The third-order valence-corrected chi connectivity index (χ3v) is 5.08. The van der Waals surface area contributed by atoms with Gasteiger partial charge >= 0.3 is 0 Å². The summed E-state index contributed by atoms with van der Waals surface area (Å²) in [6.45, 7) is 5.70. The summed E-state index contributed by atoms with van der Waals surface area (Å²) >= 11 is 0. The number of nitriles is 1. The summed E-state index contributed by atoms with van der Waals surface area (Å²) in [4.78, 5) is 34.3. The van der Waals surface area contributed by atoms with Crippen LogP contribution in [0.3, 0.4) is 0 Å². The second-order valence-electron chi connectivity index (χ2n) is 6.61. The zero-order valence-corrected chi connectivity index (χ0v) is 14.5. The monoisotopic (exact) mass is 341 g/mol. The van der Waals surface area contributed by atoms with Gasteiger partial charge in [-0.1, -0.05) is 0 Å². The molecule has 132 valence electrons. The van der Waals surface area contributed by atoms with Gasteiger partial charge in [0.25, 0.3) is 0 Å². The molecule has 0 aliphatic carbocycles. The van der Waals surface area contributed by atoms with E-state index in [0.29, 0.717) is 31.7 Å². The highest BCUT2D eigenvalue weighted by molar-refractivity contribution is 5.80. The van der Waals surface area contributed by atoms with Crippen molar-refractivity contribution in [2.75, 3.05) is 44.2 Å². The molecule has 0 unspecified atom stereocenters. The summed E-state index contributed by atoms with van der Waals surface area (Å²) in [7, 11) is 0. The number of hydrogen-bond acceptors (Lipinski definition) is 5. The van der Waals surface area contributed by atoms with Crippen molar-refractivity contribution in [1.82, 2.24) is 14.8 Å². The minimum Gasteiger partial charge on any atom is -0.357 e. The standard InChI is InChI=1S/C18H23N5O2/c1-14(24)21-8-10-23(11-9-21)18(25)16-4-6-22(7-5-16)17-3-2-15(12-19)13-20-17/h2-3,13,16H,4-11H2,1H3. The Hall–Kier alpha value is -2.62. The van der Waals surface area contributed by atoms with E-state index in [1.54, 1.807) is 24.1 Å². The molecule has 2 fully saturated rings. The molecule has 7 heteroatoms. The lowest BCUT2D eigenvalue weighted by Gasteiger charge is -2.38. The van der Waals surface area contributed by atoms with Crippen LogP contribution >= 0.6 is 0 Å². The molecule has 3 heterocycles. The summed E-state index contributed by atoms with van der Waals surface area (Å²) in [6, 6.07) is 5.70. The molecule has 2 saturated heterocycles. The molecule has 2 amide bonds. The lowest BCUT2D eigenvalue weighted by molar-refractivity contribution is -0.141. The van der Waals surface area contributed by atoms with Crippen LogP contribution < -0.4 is 4.90 Å². The fourth-order valence-electron chi connectivity index (χ4n) is 3.49. The molecule has 0 N–H and O–H groups in total. The Balaban J connectivity index is 1.51. The first-order valence-corrected chi connectivity index (χ1v) is 8.74. The van der Waals surface area contributed by atoms with Gasteiger partial charge in [-0.2, -0.15) is 5.26 Å². The van der Waals surface area contributed by atoms with Gasteiger partial charge in [-0.05, 0) is 25.0 Å². The van der Waals surface area contributed by atoms with Crippen LogP contribution in [0.2, 0.25) is 0 Å². The summed E-state index contributed by atoms with van der Waals surface area (Å²) in [6.07, 6.45) is 3.21. The molecule has 25 heavy (non-hydrogen) atoms. The highest BCUT2D eigenvalue weighted by Gasteiger charge is 2.31. The smallest absolute Gasteiger partial charge is 0.225 e. The number of carbonyl (C=O) groups is 2. The molecule has 0 saturated carbocycles. The zero-order chi connectivity index (χ0) is 17.8. The molecular formula is C18H23N5O2. The van der Waals surface area contributed by atoms with Gasteiger partial charge < -0.3 is 14.7 Å². The first-order chi connectivity index (χ1) is 12.1. The summed E-state index contributed by atoms with van der Waals surface area (Å²) < 4.78 is 0. The number of carbonyl (C=O) groups excluding carboxylic acids is 2. The Bertz CT molecular complexity index is 666. The topological polar surface area (TPSA) is 80.5 Å². The SMILES string of the molecule is CC(=O)N1CCN(C(=O)C2CCN(c3ccc(C#N)cn3)CC2)CC1. The fourth-order valence-corrected chi connectivity index (χ4v) is 3.49. The van der Waals surface area contributed by atoms with Crippen molar-refractivity contribution in [3.8, 4) is 6.07 Å². The van der Waals surface area contributed by atoms with E-state index >= 15 is 0 Å². The summed E-state index contributed by atoms with van der Waals surface area (Å²) in [5.41, 5.74) is 0.554. The van der Waals surface area contributed by atoms with E-state index in [1.165, 1.54) is 0 Å². The molecule has 1 aromatic rings. The zero-order valence-electron chi connectivity index (χ0n) is 14.5. The second kappa shape index (κ2) is 7.51. The van der Waals surface area contributed by atoms with Crippen LogP contribution in [-0.4, -0.2) is 65.9 Å². The Morgan fingerprint density at radius 1 is 1.08 bits per heavy atom. The van der Waals surface area contributed by atoms with Gasteiger partial charge in [0.2, 0.25) is 11.8 Å². The molecular weight excluding hydrogens is 318 g/mol. The third-order valence-electron chi connectivity index (χ3n) is 5.08. The maximum absolute atomic E-state index is 12.7. The van der Waals surface area contributed by atoms with E-state index in [1.807, 2.05) is 11.0 Å². The van der Waals surface area contributed by atoms with Crippen LogP contribution in [-0.2, 0) is 9.59 Å². The van der Waals surface area contributed by atoms with Crippen molar-refractivity contribution in [2.24, 2.45) is 5.92 Å². The Labute approximate surface area is 147 Å². The molecule has 2 aliphatic heterocycles. The third kappa shape index (κ3) is 3.90. The number of aromatic nitrogens is 1. The molecule has 0 radical (unpaired) electrons. The maximum Gasteiger partial charge on any atom is 0.225 e. The minimum atomic E-state index is 0.0542. The highest BCUT2D eigenvalue weighted by atomic mass is 16.2. The van der Waals surface area contributed by atoms with Gasteiger partial charge in [-0.3, -0.25) is 9.59 Å². The summed E-state index contributed by atoms with van der Waals surface area (Å²) in [5, 5.41) is 8.84. The fraction of sp³-hybridized carbons (Fsp3) is 0.556. The van der Waals surface area contributed by atoms with Crippen LogP contribution in [0.1, 0.15) is 25.3 Å². The first-order valence-electron chi connectivity index (χ1n) is 8.74. The molecule has 1 aromatic heterocycles. The quantitative estimate of drug-likeness (QED) is 0.797. The minimum absolute atomic E-state index is 0.0542. The van der Waals surface area contributed by atoms with Crippen LogP contribution in [0, 0.1) is 17.2 Å². The lowest BCUT2D eigenvalue weighted by Crippen LogP contribution is -2.52. The molecule has 0 spiro atoms. The van der Waals surface area contributed by atoms with E-state index < -0.39 is 0 Å². The van der Waals surface area contributed by atoms with Gasteiger partial charge in [-0.25, -0.2) is 4.98 Å². The highest BCUT2D eigenvalue weighted by Crippen LogP contribution is 2.24. The number of rotatable bonds is 2. The van der Waals surface area contributed by atoms with Crippen LogP contribution in [0.4, 0.5) is 5.82 Å². The number of pyridine rings is 1. The lowest BCUT2D eigenvalue weighted by atomic mass is 9.95. The number of amides is 2. The van der Waals surface area contributed by atoms with Crippen molar-refractivity contribution in [2.45, 2.75) is 19.8 Å². The number of anilines is 1. The van der Waals surface area contributed by atoms with Crippen molar-refractivity contribution in [1.29, 1.82) is 5.26 Å². The van der Waals surface area contributed by atoms with E-state index in [-0.39, 0.29) is 17.7 Å². The van der Waals surface area contributed by atoms with Crippen LogP contribution in [0.25, 0.3) is 0 Å². The van der Waals surface area contributed by atoms with E-state index in [0.717, 1.165) is 31.7 Å². The second-order valence-corrected chi connectivity index (χ2v) is 6.61. The van der Waals surface area contributed by atoms with Crippen molar-refractivity contribution in [3.05, 3.63) is 23.9 Å². The largest absolute Gasteiger partial charge is 0.357 e.